The molecule has 8 heteroatoms. The summed E-state index contributed by atoms with van der Waals surface area (Å²) in [7, 11) is 0. The number of likely N-dealkylation sites (tertiary alicyclic amines) is 1. The second kappa shape index (κ2) is 8.35. The predicted molar refractivity (Wildman–Crippen MR) is 115 cm³/mol. The Morgan fingerprint density at radius 2 is 1.69 bits per heavy atom. The Bertz CT molecular complexity index is 1060. The molecule has 3 aliphatic rings. The number of nitrogens with one attached hydrogen (secondary N) is 1. The molecule has 4 amide bonds. The van der Waals surface area contributed by atoms with Crippen LogP contribution in [0.5, 0.6) is 0 Å². The summed E-state index contributed by atoms with van der Waals surface area (Å²) in [4.78, 5) is 38.7. The molecule has 0 aliphatic carbocycles. The molecule has 5 rings (SSSR count). The molecular formula is C24H25FN4O3. The normalized spacial score (nSPS) is 20.0. The summed E-state index contributed by atoms with van der Waals surface area (Å²) in [6.45, 7) is 3.27. The van der Waals surface area contributed by atoms with E-state index in [0.717, 1.165) is 43.6 Å². The monoisotopic (exact) mass is 436 g/mol. The highest BCUT2D eigenvalue weighted by Crippen LogP contribution is 2.30. The molecule has 0 bridgehead atoms. The van der Waals surface area contributed by atoms with Crippen molar-refractivity contribution in [3.8, 4) is 0 Å². The van der Waals surface area contributed by atoms with Gasteiger partial charge in [-0.15, -0.1) is 0 Å². The van der Waals surface area contributed by atoms with E-state index in [4.69, 9.17) is 0 Å². The first-order valence-corrected chi connectivity index (χ1v) is 11.0. The number of hydrogen-bond donors (Lipinski definition) is 1. The number of rotatable bonds is 4. The molecule has 2 aromatic rings. The average molecular weight is 436 g/mol. The summed E-state index contributed by atoms with van der Waals surface area (Å²) in [6.07, 6.45) is 2.25. The molecule has 32 heavy (non-hydrogen) atoms. The summed E-state index contributed by atoms with van der Waals surface area (Å²) in [5.74, 6) is -0.271. The first-order valence-electron chi connectivity index (χ1n) is 11.0. The maximum absolute atomic E-state index is 13.2. The molecule has 166 valence electrons. The first-order chi connectivity index (χ1) is 15.5. The van der Waals surface area contributed by atoms with Crippen molar-refractivity contribution in [2.24, 2.45) is 0 Å². The van der Waals surface area contributed by atoms with Gasteiger partial charge in [-0.2, -0.15) is 0 Å². The molecule has 2 aromatic carbocycles. The summed E-state index contributed by atoms with van der Waals surface area (Å²) in [6, 6.07) is 12.1. The van der Waals surface area contributed by atoms with E-state index >= 15 is 0 Å². The van der Waals surface area contributed by atoms with E-state index in [1.54, 1.807) is 0 Å². The van der Waals surface area contributed by atoms with Gasteiger partial charge in [-0.05, 0) is 66.7 Å². The van der Waals surface area contributed by atoms with Crippen molar-refractivity contribution in [3.63, 3.8) is 0 Å². The zero-order chi connectivity index (χ0) is 22.2. The molecule has 0 unspecified atom stereocenters. The van der Waals surface area contributed by atoms with E-state index in [9.17, 15) is 18.8 Å². The van der Waals surface area contributed by atoms with Crippen molar-refractivity contribution >= 4 is 17.8 Å². The van der Waals surface area contributed by atoms with Gasteiger partial charge in [-0.1, -0.05) is 24.3 Å². The van der Waals surface area contributed by atoms with Gasteiger partial charge >= 0.3 is 6.03 Å². The van der Waals surface area contributed by atoms with Gasteiger partial charge in [0.05, 0.1) is 13.1 Å². The minimum Gasteiger partial charge on any atom is -0.299 e. The number of urea groups is 1. The van der Waals surface area contributed by atoms with Gasteiger partial charge in [0, 0.05) is 18.5 Å². The SMILES string of the molecule is O=C1CCN(N2Cc3cc(CN4CCC(c5ccc(F)cc5)CC4)ccc3C2=O)C(=O)N1. The van der Waals surface area contributed by atoms with E-state index in [-0.39, 0.29) is 30.6 Å². The minimum absolute atomic E-state index is 0.186. The van der Waals surface area contributed by atoms with Gasteiger partial charge in [0.15, 0.2) is 0 Å². The molecule has 0 spiro atoms. The first kappa shape index (κ1) is 20.6. The third-order valence-corrected chi connectivity index (χ3v) is 6.61. The molecule has 2 fully saturated rings. The van der Waals surface area contributed by atoms with Gasteiger partial charge in [-0.3, -0.25) is 19.8 Å². The van der Waals surface area contributed by atoms with Crippen LogP contribution in [0.1, 0.15) is 52.2 Å². The van der Waals surface area contributed by atoms with E-state index in [0.29, 0.717) is 18.0 Å². The highest BCUT2D eigenvalue weighted by Gasteiger charge is 2.37. The number of carbonyl (C=O) groups is 3. The Morgan fingerprint density at radius 3 is 2.41 bits per heavy atom. The van der Waals surface area contributed by atoms with Crippen LogP contribution >= 0.6 is 0 Å². The van der Waals surface area contributed by atoms with Crippen LogP contribution in [0, 0.1) is 5.82 Å². The Labute approximate surface area is 185 Å². The maximum atomic E-state index is 13.2. The van der Waals surface area contributed by atoms with Gasteiger partial charge in [0.1, 0.15) is 5.82 Å². The fourth-order valence-electron chi connectivity index (χ4n) is 4.86. The van der Waals surface area contributed by atoms with Crippen LogP contribution in [0.15, 0.2) is 42.5 Å². The van der Waals surface area contributed by atoms with Crippen molar-refractivity contribution in [2.75, 3.05) is 19.6 Å². The molecule has 7 nitrogen and oxygen atoms in total. The largest absolute Gasteiger partial charge is 0.342 e. The van der Waals surface area contributed by atoms with E-state index in [2.05, 4.69) is 10.2 Å². The number of imide groups is 1. The molecule has 1 N–H and O–H groups in total. The number of benzene rings is 2. The summed E-state index contributed by atoms with van der Waals surface area (Å²) < 4.78 is 13.2. The zero-order valence-electron chi connectivity index (χ0n) is 17.7. The summed E-state index contributed by atoms with van der Waals surface area (Å²) >= 11 is 0. The third-order valence-electron chi connectivity index (χ3n) is 6.61. The maximum Gasteiger partial charge on any atom is 0.342 e. The predicted octanol–water partition coefficient (Wildman–Crippen LogP) is 3.02. The topological polar surface area (TPSA) is 73.0 Å². The van der Waals surface area contributed by atoms with Crippen LogP contribution in [0.25, 0.3) is 0 Å². The molecule has 3 heterocycles. The van der Waals surface area contributed by atoms with Crippen LogP contribution in [-0.4, -0.2) is 52.4 Å². The molecule has 0 radical (unpaired) electrons. The van der Waals surface area contributed by atoms with Gasteiger partial charge < -0.3 is 0 Å². The number of nitrogens with zero attached hydrogens (tertiary/aromatic N) is 3. The standard InChI is InChI=1S/C24H25FN4O3/c25-20-4-2-17(3-5-20)18-7-10-27(11-8-18)14-16-1-6-21-19(13-16)15-29(23(21)31)28-12-9-22(30)26-24(28)32/h1-6,13,18H,7-12,14-15H2,(H,26,30,32). The number of hydrazine groups is 1. The van der Waals surface area contributed by atoms with E-state index < -0.39 is 6.03 Å². The zero-order valence-corrected chi connectivity index (χ0v) is 17.7. The highest BCUT2D eigenvalue weighted by atomic mass is 19.1. The molecule has 0 aromatic heterocycles. The summed E-state index contributed by atoms with van der Waals surface area (Å²) in [5, 5.41) is 5.01. The number of piperidine rings is 1. The van der Waals surface area contributed by atoms with E-state index in [1.165, 1.54) is 27.7 Å². The summed E-state index contributed by atoms with van der Waals surface area (Å²) in [5.41, 5.74) is 3.84. The van der Waals surface area contributed by atoms with Crippen molar-refractivity contribution in [2.45, 2.75) is 38.3 Å². The fourth-order valence-corrected chi connectivity index (χ4v) is 4.86. The second-order valence-corrected chi connectivity index (χ2v) is 8.68. The molecular weight excluding hydrogens is 411 g/mol. The molecule has 3 aliphatic heterocycles. The van der Waals surface area contributed by atoms with Crippen LogP contribution < -0.4 is 5.32 Å². The Morgan fingerprint density at radius 1 is 0.938 bits per heavy atom. The fraction of sp³-hybridized carbons (Fsp3) is 0.375. The number of carbonyl (C=O) groups excluding carboxylic acids is 3. The third kappa shape index (κ3) is 3.98. The van der Waals surface area contributed by atoms with Crippen LogP contribution in [0.3, 0.4) is 0 Å². The van der Waals surface area contributed by atoms with Gasteiger partial charge in [-0.25, -0.2) is 19.2 Å². The van der Waals surface area contributed by atoms with Crippen molar-refractivity contribution in [3.05, 3.63) is 70.5 Å². The van der Waals surface area contributed by atoms with Crippen LogP contribution in [0.2, 0.25) is 0 Å². The lowest BCUT2D eigenvalue weighted by molar-refractivity contribution is -0.123. The lowest BCUT2D eigenvalue weighted by Gasteiger charge is -2.33. The number of amides is 4. The quantitative estimate of drug-likeness (QED) is 0.800. The van der Waals surface area contributed by atoms with Gasteiger partial charge in [0.2, 0.25) is 5.91 Å². The van der Waals surface area contributed by atoms with Crippen molar-refractivity contribution in [1.29, 1.82) is 0 Å². The minimum atomic E-state index is -0.549. The van der Waals surface area contributed by atoms with Crippen molar-refractivity contribution < 1.29 is 18.8 Å². The highest BCUT2D eigenvalue weighted by molar-refractivity contribution is 6.01. The van der Waals surface area contributed by atoms with Crippen LogP contribution in [0.4, 0.5) is 9.18 Å². The molecule has 0 atom stereocenters. The van der Waals surface area contributed by atoms with E-state index in [1.807, 2.05) is 30.3 Å². The number of halogens is 1. The van der Waals surface area contributed by atoms with Crippen LogP contribution in [-0.2, 0) is 17.9 Å². The average Bonchev–Trinajstić information content (AvgIpc) is 3.10. The smallest absolute Gasteiger partial charge is 0.299 e. The number of hydrogen-bond acceptors (Lipinski definition) is 4. The van der Waals surface area contributed by atoms with Gasteiger partial charge in [0.25, 0.3) is 5.91 Å². The molecule has 0 saturated carbocycles. The Balaban J connectivity index is 1.21. The van der Waals surface area contributed by atoms with Crippen molar-refractivity contribution in [1.82, 2.24) is 20.2 Å². The molecule has 2 saturated heterocycles. The lowest BCUT2D eigenvalue weighted by Crippen LogP contribution is -2.56. The lowest BCUT2D eigenvalue weighted by atomic mass is 9.89. The second-order valence-electron chi connectivity index (χ2n) is 8.68. The number of fused-ring (bicyclic) bond motifs is 1. The Kier molecular flexibility index (Phi) is 5.38. The Hall–Kier alpha value is -3.26.